The largest absolute Gasteiger partial charge is 0.370 e. The first-order valence-corrected chi connectivity index (χ1v) is 7.87. The normalized spacial score (nSPS) is 14.4. The van der Waals surface area contributed by atoms with Gasteiger partial charge in [0, 0.05) is 38.9 Å². The van der Waals surface area contributed by atoms with Gasteiger partial charge in [-0.3, -0.25) is 0 Å². The van der Waals surface area contributed by atoms with Gasteiger partial charge in [0.25, 0.3) is 0 Å². The van der Waals surface area contributed by atoms with Crippen LogP contribution in [-0.2, 0) is 0 Å². The van der Waals surface area contributed by atoms with Crippen LogP contribution < -0.4 is 15.1 Å². The maximum atomic E-state index is 9.25. The number of nitrogens with one attached hydrogen (secondary N) is 1. The highest BCUT2D eigenvalue weighted by Crippen LogP contribution is 2.22. The van der Waals surface area contributed by atoms with Crippen LogP contribution in [0.15, 0.2) is 36.5 Å². The second-order valence-electron chi connectivity index (χ2n) is 5.38. The van der Waals surface area contributed by atoms with Gasteiger partial charge in [-0.15, -0.1) is 0 Å². The first-order chi connectivity index (χ1) is 11.3. The van der Waals surface area contributed by atoms with Crippen LogP contribution in [0.2, 0.25) is 0 Å². The summed E-state index contributed by atoms with van der Waals surface area (Å²) >= 11 is 0. The third-order valence-corrected chi connectivity index (χ3v) is 3.93. The molecule has 6 nitrogen and oxygen atoms in total. The summed E-state index contributed by atoms with van der Waals surface area (Å²) < 4.78 is 0. The molecule has 0 spiro atoms. The fraction of sp³-hybridized carbons (Fsp3) is 0.353. The Bertz CT molecular complexity index is 700. The van der Waals surface area contributed by atoms with Gasteiger partial charge in [-0.1, -0.05) is 12.1 Å². The number of rotatable bonds is 4. The van der Waals surface area contributed by atoms with Crippen molar-refractivity contribution in [2.75, 3.05) is 47.8 Å². The number of nitriles is 1. The van der Waals surface area contributed by atoms with E-state index in [1.54, 1.807) is 6.20 Å². The third-order valence-electron chi connectivity index (χ3n) is 3.93. The van der Waals surface area contributed by atoms with Gasteiger partial charge in [0.1, 0.15) is 11.9 Å². The van der Waals surface area contributed by atoms with E-state index in [-0.39, 0.29) is 0 Å². The Hall–Kier alpha value is -2.81. The lowest BCUT2D eigenvalue weighted by molar-refractivity contribution is 0.640. The molecule has 2 heterocycles. The highest BCUT2D eigenvalue weighted by atomic mass is 15.3. The zero-order valence-corrected chi connectivity index (χ0v) is 13.2. The summed E-state index contributed by atoms with van der Waals surface area (Å²) in [6.45, 7) is 6.29. The Labute approximate surface area is 136 Å². The molecular formula is C17H20N6. The smallest absolute Gasteiger partial charge is 0.227 e. The van der Waals surface area contributed by atoms with Crippen LogP contribution in [0, 0.1) is 11.3 Å². The monoisotopic (exact) mass is 308 g/mol. The van der Waals surface area contributed by atoms with Gasteiger partial charge in [-0.2, -0.15) is 10.2 Å². The van der Waals surface area contributed by atoms with Crippen LogP contribution in [0.5, 0.6) is 0 Å². The molecule has 0 bridgehead atoms. The van der Waals surface area contributed by atoms with Gasteiger partial charge in [0.15, 0.2) is 0 Å². The fourth-order valence-corrected chi connectivity index (χ4v) is 2.77. The molecule has 1 aromatic carbocycles. The Balaban J connectivity index is 1.69. The van der Waals surface area contributed by atoms with Crippen molar-refractivity contribution in [2.24, 2.45) is 0 Å². The Morgan fingerprint density at radius 1 is 1.13 bits per heavy atom. The maximum Gasteiger partial charge on any atom is 0.227 e. The summed E-state index contributed by atoms with van der Waals surface area (Å²) in [5.41, 5.74) is 1.74. The molecule has 23 heavy (non-hydrogen) atoms. The first-order valence-electron chi connectivity index (χ1n) is 7.87. The summed E-state index contributed by atoms with van der Waals surface area (Å²) in [5, 5.41) is 12.5. The molecule has 1 fully saturated rings. The summed E-state index contributed by atoms with van der Waals surface area (Å²) in [4.78, 5) is 13.4. The van der Waals surface area contributed by atoms with E-state index in [9.17, 15) is 5.26 Å². The number of benzene rings is 1. The quantitative estimate of drug-likeness (QED) is 0.933. The van der Waals surface area contributed by atoms with Crippen molar-refractivity contribution in [2.45, 2.75) is 6.92 Å². The second kappa shape index (κ2) is 6.97. The summed E-state index contributed by atoms with van der Waals surface area (Å²) in [6, 6.07) is 11.9. The number of hydrogen-bond acceptors (Lipinski definition) is 6. The predicted molar refractivity (Wildman–Crippen MR) is 91.8 cm³/mol. The minimum Gasteiger partial charge on any atom is -0.370 e. The van der Waals surface area contributed by atoms with E-state index in [4.69, 9.17) is 0 Å². The molecule has 1 N–H and O–H groups in total. The van der Waals surface area contributed by atoms with Gasteiger partial charge < -0.3 is 15.1 Å². The first kappa shape index (κ1) is 15.1. The van der Waals surface area contributed by atoms with Crippen LogP contribution in [0.3, 0.4) is 0 Å². The average Bonchev–Trinajstić information content (AvgIpc) is 2.62. The zero-order valence-electron chi connectivity index (χ0n) is 13.2. The van der Waals surface area contributed by atoms with Crippen molar-refractivity contribution in [1.82, 2.24) is 9.97 Å². The molecule has 0 amide bonds. The van der Waals surface area contributed by atoms with E-state index in [2.05, 4.69) is 31.2 Å². The molecule has 1 aliphatic rings. The van der Waals surface area contributed by atoms with Crippen LogP contribution in [-0.4, -0.2) is 42.7 Å². The molecule has 0 radical (unpaired) electrons. The summed E-state index contributed by atoms with van der Waals surface area (Å²) in [5.74, 6) is 1.62. The van der Waals surface area contributed by atoms with Crippen molar-refractivity contribution in [3.05, 3.63) is 42.1 Å². The second-order valence-corrected chi connectivity index (χ2v) is 5.38. The molecule has 0 aliphatic carbocycles. The van der Waals surface area contributed by atoms with Crippen LogP contribution in [0.1, 0.15) is 12.5 Å². The molecule has 2 aromatic rings. The van der Waals surface area contributed by atoms with Gasteiger partial charge in [-0.25, -0.2) is 4.98 Å². The van der Waals surface area contributed by atoms with Crippen molar-refractivity contribution >= 4 is 17.5 Å². The minimum atomic E-state index is 0.728. The molecule has 1 saturated heterocycles. The maximum absolute atomic E-state index is 9.25. The molecule has 0 saturated carbocycles. The number of nitrogens with zero attached hydrogens (tertiary/aromatic N) is 5. The van der Waals surface area contributed by atoms with Gasteiger partial charge in [0.05, 0.1) is 11.3 Å². The molecule has 0 unspecified atom stereocenters. The standard InChI is InChI=1S/C17H20N6/c1-2-19-16-7-8-20-17(21-16)23-11-9-22(10-12-23)15-6-4-3-5-14(15)13-18/h3-8H,2,9-12H2,1H3,(H,19,20,21). The van der Waals surface area contributed by atoms with Gasteiger partial charge >= 0.3 is 0 Å². The number of hydrogen-bond donors (Lipinski definition) is 1. The van der Waals surface area contributed by atoms with Crippen molar-refractivity contribution < 1.29 is 0 Å². The fourth-order valence-electron chi connectivity index (χ4n) is 2.77. The van der Waals surface area contributed by atoms with E-state index in [0.717, 1.165) is 55.7 Å². The predicted octanol–water partition coefficient (Wildman–Crippen LogP) is 2.11. The molecular weight excluding hydrogens is 288 g/mol. The topological polar surface area (TPSA) is 68.1 Å². The average molecular weight is 308 g/mol. The van der Waals surface area contributed by atoms with E-state index >= 15 is 0 Å². The Morgan fingerprint density at radius 3 is 2.61 bits per heavy atom. The summed E-state index contributed by atoms with van der Waals surface area (Å²) in [6.07, 6.45) is 1.79. The summed E-state index contributed by atoms with van der Waals surface area (Å²) in [7, 11) is 0. The number of anilines is 3. The molecule has 1 aromatic heterocycles. The minimum absolute atomic E-state index is 0.728. The molecule has 3 rings (SSSR count). The van der Waals surface area contributed by atoms with E-state index in [1.807, 2.05) is 37.3 Å². The number of para-hydroxylation sites is 1. The van der Waals surface area contributed by atoms with Crippen molar-refractivity contribution in [3.63, 3.8) is 0 Å². The molecule has 0 atom stereocenters. The highest BCUT2D eigenvalue weighted by Gasteiger charge is 2.20. The molecule has 118 valence electrons. The third kappa shape index (κ3) is 3.34. The van der Waals surface area contributed by atoms with Gasteiger partial charge in [-0.05, 0) is 25.1 Å². The van der Waals surface area contributed by atoms with E-state index in [0.29, 0.717) is 0 Å². The van der Waals surface area contributed by atoms with Crippen molar-refractivity contribution in [3.8, 4) is 6.07 Å². The number of piperazine rings is 1. The number of aromatic nitrogens is 2. The Kier molecular flexibility index (Phi) is 4.57. The van der Waals surface area contributed by atoms with Gasteiger partial charge in [0.2, 0.25) is 5.95 Å². The van der Waals surface area contributed by atoms with Crippen LogP contribution in [0.25, 0.3) is 0 Å². The van der Waals surface area contributed by atoms with E-state index < -0.39 is 0 Å². The van der Waals surface area contributed by atoms with Crippen molar-refractivity contribution in [1.29, 1.82) is 5.26 Å². The Morgan fingerprint density at radius 2 is 1.87 bits per heavy atom. The lowest BCUT2D eigenvalue weighted by Crippen LogP contribution is -2.47. The van der Waals surface area contributed by atoms with E-state index in [1.165, 1.54) is 0 Å². The molecule has 1 aliphatic heterocycles. The highest BCUT2D eigenvalue weighted by molar-refractivity contribution is 5.60. The SMILES string of the molecule is CCNc1ccnc(N2CCN(c3ccccc3C#N)CC2)n1. The van der Waals surface area contributed by atoms with Crippen LogP contribution in [0.4, 0.5) is 17.5 Å². The zero-order chi connectivity index (χ0) is 16.1. The lowest BCUT2D eigenvalue weighted by Gasteiger charge is -2.36. The molecule has 6 heteroatoms. The van der Waals surface area contributed by atoms with Crippen LogP contribution >= 0.6 is 0 Å². The lowest BCUT2D eigenvalue weighted by atomic mass is 10.1.